The smallest absolute Gasteiger partial charge is 0.0508 e. The Labute approximate surface area is 297 Å². The summed E-state index contributed by atoms with van der Waals surface area (Å²) >= 11 is 0. The highest BCUT2D eigenvalue weighted by atomic mass is 15.2. The molecular formula is C47H45N3. The molecule has 0 heterocycles. The van der Waals surface area contributed by atoms with Crippen LogP contribution in [0.5, 0.6) is 0 Å². The third-order valence-corrected chi connectivity index (χ3v) is 9.77. The number of unbranched alkanes of at least 4 members (excludes halogenated alkanes) is 1. The fourth-order valence-electron chi connectivity index (χ4n) is 7.67. The monoisotopic (exact) mass is 651 g/mol. The molecule has 0 fully saturated rings. The summed E-state index contributed by atoms with van der Waals surface area (Å²) in [6, 6.07) is 42.5. The number of allylic oxidation sites excluding steroid dienone is 2. The van der Waals surface area contributed by atoms with Crippen LogP contribution in [0.15, 0.2) is 149 Å². The largest absolute Gasteiger partial charge is 0.338 e. The second-order valence-corrected chi connectivity index (χ2v) is 13.0. The zero-order chi connectivity index (χ0) is 34.5. The third kappa shape index (κ3) is 5.98. The maximum Gasteiger partial charge on any atom is 0.0508 e. The summed E-state index contributed by atoms with van der Waals surface area (Å²) in [4.78, 5) is 11.4. The van der Waals surface area contributed by atoms with Gasteiger partial charge in [0.25, 0.3) is 0 Å². The molecule has 3 nitrogen and oxygen atoms in total. The van der Waals surface area contributed by atoms with Gasteiger partial charge in [-0.05, 0) is 98.7 Å². The van der Waals surface area contributed by atoms with E-state index in [-0.39, 0.29) is 6.04 Å². The summed E-state index contributed by atoms with van der Waals surface area (Å²) in [6.07, 6.45) is 14.3. The number of aliphatic imine (C=N–C) groups is 2. The number of benzene rings is 6. The molecule has 1 unspecified atom stereocenters. The zero-order valence-corrected chi connectivity index (χ0v) is 29.6. The highest BCUT2D eigenvalue weighted by Gasteiger charge is 2.32. The Kier molecular flexibility index (Phi) is 9.84. The molecule has 0 bridgehead atoms. The molecule has 0 aliphatic heterocycles. The average Bonchev–Trinajstić information content (AvgIpc) is 3.49. The van der Waals surface area contributed by atoms with Crippen LogP contribution >= 0.6 is 0 Å². The van der Waals surface area contributed by atoms with Crippen molar-refractivity contribution in [2.45, 2.75) is 52.5 Å². The van der Waals surface area contributed by atoms with Gasteiger partial charge in [0.15, 0.2) is 0 Å². The fourth-order valence-corrected chi connectivity index (χ4v) is 7.67. The minimum atomic E-state index is 0.0695. The minimum absolute atomic E-state index is 0.0695. The first-order chi connectivity index (χ1) is 24.7. The Morgan fingerprint density at radius 2 is 1.26 bits per heavy atom. The van der Waals surface area contributed by atoms with E-state index in [2.05, 4.69) is 163 Å². The Morgan fingerprint density at radius 1 is 0.660 bits per heavy atom. The van der Waals surface area contributed by atoms with Crippen molar-refractivity contribution in [3.8, 4) is 44.5 Å². The van der Waals surface area contributed by atoms with Crippen molar-refractivity contribution in [3.63, 3.8) is 0 Å². The maximum atomic E-state index is 4.60. The Balaban J connectivity index is 1.54. The number of fused-ring (bicyclic) bond motifs is 4. The van der Waals surface area contributed by atoms with Gasteiger partial charge in [0.2, 0.25) is 0 Å². The van der Waals surface area contributed by atoms with Crippen molar-refractivity contribution in [2.24, 2.45) is 9.98 Å². The quantitative estimate of drug-likeness (QED) is 0.121. The van der Waals surface area contributed by atoms with Gasteiger partial charge in [-0.3, -0.25) is 9.98 Å². The molecule has 0 saturated carbocycles. The van der Waals surface area contributed by atoms with E-state index in [0.717, 1.165) is 25.7 Å². The second kappa shape index (κ2) is 14.9. The lowest BCUT2D eigenvalue weighted by atomic mass is 9.82. The van der Waals surface area contributed by atoms with Gasteiger partial charge in [0.1, 0.15) is 0 Å². The van der Waals surface area contributed by atoms with E-state index >= 15 is 0 Å². The Morgan fingerprint density at radius 3 is 1.86 bits per heavy atom. The normalized spacial score (nSPS) is 13.3. The summed E-state index contributed by atoms with van der Waals surface area (Å²) in [7, 11) is 1.84. The topological polar surface area (TPSA) is 28.0 Å². The van der Waals surface area contributed by atoms with Crippen LogP contribution in [0.25, 0.3) is 66.1 Å². The lowest BCUT2D eigenvalue weighted by molar-refractivity contribution is 0.761. The molecule has 3 heteroatoms. The summed E-state index contributed by atoms with van der Waals surface area (Å²) in [5.41, 5.74) is 12.7. The molecule has 1 aliphatic carbocycles. The van der Waals surface area contributed by atoms with Crippen LogP contribution in [0.4, 0.5) is 5.69 Å². The number of hydrogen-bond acceptors (Lipinski definition) is 3. The van der Waals surface area contributed by atoms with E-state index in [4.69, 9.17) is 0 Å². The highest BCUT2D eigenvalue weighted by molar-refractivity contribution is 6.28. The van der Waals surface area contributed by atoms with Crippen LogP contribution in [0.2, 0.25) is 0 Å². The van der Waals surface area contributed by atoms with E-state index in [1.165, 1.54) is 77.4 Å². The lowest BCUT2D eigenvalue weighted by Gasteiger charge is -2.33. The Bertz CT molecular complexity index is 2170. The summed E-state index contributed by atoms with van der Waals surface area (Å²) in [5, 5.41) is 5.12. The molecule has 0 aromatic heterocycles. The SMILES string of the molecule is CCC/C=N\C=C/C(C)N(/C(=C/C=N\C)CCC)c1ccc2c3c(cccc13)-c1c-2c(-c2ccccc2)c2ccccc2c1-c1ccccc1. The Hall–Kier alpha value is -5.54. The predicted octanol–water partition coefficient (Wildman–Crippen LogP) is 12.9. The van der Waals surface area contributed by atoms with Crippen LogP contribution in [0, 0.1) is 0 Å². The third-order valence-electron chi connectivity index (χ3n) is 9.77. The summed E-state index contributed by atoms with van der Waals surface area (Å²) in [6.45, 7) is 6.69. The molecule has 0 spiro atoms. The van der Waals surface area contributed by atoms with E-state index in [1.54, 1.807) is 0 Å². The van der Waals surface area contributed by atoms with Crippen LogP contribution in [-0.2, 0) is 0 Å². The first kappa shape index (κ1) is 33.0. The molecule has 1 aliphatic rings. The number of anilines is 1. The number of hydrogen-bond donors (Lipinski definition) is 0. The zero-order valence-electron chi connectivity index (χ0n) is 29.6. The molecule has 0 radical (unpaired) electrons. The van der Waals surface area contributed by atoms with Crippen LogP contribution < -0.4 is 4.90 Å². The summed E-state index contributed by atoms with van der Waals surface area (Å²) in [5.74, 6) is 0. The van der Waals surface area contributed by atoms with Gasteiger partial charge in [-0.25, -0.2) is 0 Å². The molecule has 0 saturated heterocycles. The predicted molar refractivity (Wildman–Crippen MR) is 219 cm³/mol. The summed E-state index contributed by atoms with van der Waals surface area (Å²) < 4.78 is 0. The molecule has 0 N–H and O–H groups in total. The van der Waals surface area contributed by atoms with Gasteiger partial charge in [-0.15, -0.1) is 0 Å². The van der Waals surface area contributed by atoms with E-state index in [0.29, 0.717) is 0 Å². The van der Waals surface area contributed by atoms with Crippen molar-refractivity contribution >= 4 is 39.7 Å². The molecular weight excluding hydrogens is 607 g/mol. The van der Waals surface area contributed by atoms with Gasteiger partial charge in [-0.1, -0.05) is 136 Å². The number of nitrogens with zero attached hydrogens (tertiary/aromatic N) is 3. The van der Waals surface area contributed by atoms with Gasteiger partial charge in [-0.2, -0.15) is 0 Å². The first-order valence-electron chi connectivity index (χ1n) is 18.0. The van der Waals surface area contributed by atoms with E-state index in [1.807, 2.05) is 25.7 Å². The standard InChI is InChI=1S/C47H45N3/c1-5-7-30-49-32-28-33(3)50(36(17-6-2)29-31-48-4)42-27-26-41-45-39(42)24-16-25-40(45)46-43(34-18-10-8-11-19-34)37-22-14-15-23-38(37)44(47(41)46)35-20-12-9-13-21-35/h8-16,18-33H,5-7,17H2,1-4H3/b32-28-,36-29+,48-31-,49-30-. The second-order valence-electron chi connectivity index (χ2n) is 13.0. The van der Waals surface area contributed by atoms with Crippen molar-refractivity contribution in [2.75, 3.05) is 11.9 Å². The van der Waals surface area contributed by atoms with Crippen molar-refractivity contribution < 1.29 is 0 Å². The van der Waals surface area contributed by atoms with Gasteiger partial charge in [0.05, 0.1) is 6.04 Å². The highest BCUT2D eigenvalue weighted by Crippen LogP contribution is 2.58. The molecule has 50 heavy (non-hydrogen) atoms. The molecule has 1 atom stereocenters. The lowest BCUT2D eigenvalue weighted by Crippen LogP contribution is -2.31. The van der Waals surface area contributed by atoms with Gasteiger partial charge < -0.3 is 4.90 Å². The minimum Gasteiger partial charge on any atom is -0.338 e. The molecule has 6 aromatic carbocycles. The fraction of sp³-hybridized carbons (Fsp3) is 0.191. The average molecular weight is 652 g/mol. The van der Waals surface area contributed by atoms with Crippen molar-refractivity contribution in [1.29, 1.82) is 0 Å². The van der Waals surface area contributed by atoms with Crippen LogP contribution in [-0.4, -0.2) is 25.5 Å². The maximum absolute atomic E-state index is 4.60. The first-order valence-corrected chi connectivity index (χ1v) is 18.0. The van der Waals surface area contributed by atoms with Crippen molar-refractivity contribution in [3.05, 3.63) is 139 Å². The van der Waals surface area contributed by atoms with Gasteiger partial charge in [0, 0.05) is 42.4 Å². The number of rotatable bonds is 12. The molecule has 0 amide bonds. The van der Waals surface area contributed by atoms with Crippen LogP contribution in [0.1, 0.15) is 46.5 Å². The molecule has 248 valence electrons. The van der Waals surface area contributed by atoms with Crippen molar-refractivity contribution in [1.82, 2.24) is 0 Å². The van der Waals surface area contributed by atoms with Gasteiger partial charge >= 0.3 is 0 Å². The van der Waals surface area contributed by atoms with E-state index in [9.17, 15) is 0 Å². The molecule has 6 aromatic rings. The molecule has 7 rings (SSSR count). The van der Waals surface area contributed by atoms with E-state index < -0.39 is 0 Å². The van der Waals surface area contributed by atoms with Crippen LogP contribution in [0.3, 0.4) is 0 Å².